The summed E-state index contributed by atoms with van der Waals surface area (Å²) in [4.78, 5) is 26.0. The highest BCUT2D eigenvalue weighted by Gasteiger charge is 2.21. The van der Waals surface area contributed by atoms with E-state index in [0.717, 1.165) is 18.7 Å². The van der Waals surface area contributed by atoms with Crippen LogP contribution in [0.1, 0.15) is 23.2 Å². The second-order valence-electron chi connectivity index (χ2n) is 6.02. The fourth-order valence-corrected chi connectivity index (χ4v) is 2.82. The number of carbonyl (C=O) groups is 2. The summed E-state index contributed by atoms with van der Waals surface area (Å²) in [7, 11) is 1.62. The summed E-state index contributed by atoms with van der Waals surface area (Å²) < 4.78 is 10.5. The summed E-state index contributed by atoms with van der Waals surface area (Å²) in [6.07, 6.45) is 1.47. The predicted octanol–water partition coefficient (Wildman–Crippen LogP) is 3.09. The van der Waals surface area contributed by atoms with Crippen molar-refractivity contribution in [3.8, 4) is 5.75 Å². The molecule has 0 saturated carbocycles. The summed E-state index contributed by atoms with van der Waals surface area (Å²) in [5.74, 6) is 0.591. The van der Waals surface area contributed by atoms with Gasteiger partial charge in [-0.25, -0.2) is 0 Å². The lowest BCUT2D eigenvalue weighted by Gasteiger charge is -2.16. The molecule has 1 N–H and O–H groups in total. The maximum absolute atomic E-state index is 12.4. The van der Waals surface area contributed by atoms with Crippen molar-refractivity contribution in [1.29, 1.82) is 0 Å². The van der Waals surface area contributed by atoms with Crippen LogP contribution < -0.4 is 15.0 Å². The van der Waals surface area contributed by atoms with E-state index >= 15 is 0 Å². The van der Waals surface area contributed by atoms with Gasteiger partial charge in [-0.2, -0.15) is 0 Å². The van der Waals surface area contributed by atoms with E-state index in [1.807, 2.05) is 24.3 Å². The average Bonchev–Trinajstić information content (AvgIpc) is 3.08. The summed E-state index contributed by atoms with van der Waals surface area (Å²) >= 11 is 0. The smallest absolute Gasteiger partial charge is 0.255 e. The number of rotatable bonds is 7. The average molecular weight is 354 g/mol. The van der Waals surface area contributed by atoms with Crippen molar-refractivity contribution in [2.45, 2.75) is 12.8 Å². The number of hydrogen-bond acceptors (Lipinski definition) is 4. The Balaban J connectivity index is 1.62. The zero-order chi connectivity index (χ0) is 18.4. The number of carbonyl (C=O) groups excluding carboxylic acids is 2. The Bertz CT molecular complexity index is 774. The summed E-state index contributed by atoms with van der Waals surface area (Å²) in [6.45, 7) is 1.69. The molecular formula is C20H22N2O4. The molecule has 0 aliphatic carbocycles. The van der Waals surface area contributed by atoms with Crippen molar-refractivity contribution in [2.75, 3.05) is 37.1 Å². The monoisotopic (exact) mass is 354 g/mol. The van der Waals surface area contributed by atoms with Crippen LogP contribution in [0.3, 0.4) is 0 Å². The Labute approximate surface area is 152 Å². The molecule has 1 aliphatic rings. The normalized spacial score (nSPS) is 13.7. The van der Waals surface area contributed by atoms with E-state index in [9.17, 15) is 9.59 Å². The van der Waals surface area contributed by atoms with Gasteiger partial charge in [-0.15, -0.1) is 0 Å². The quantitative estimate of drug-likeness (QED) is 0.776. The van der Waals surface area contributed by atoms with Gasteiger partial charge in [-0.3, -0.25) is 9.59 Å². The van der Waals surface area contributed by atoms with Crippen LogP contribution in [0.2, 0.25) is 0 Å². The molecule has 6 nitrogen and oxygen atoms in total. The highest BCUT2D eigenvalue weighted by molar-refractivity contribution is 6.05. The highest BCUT2D eigenvalue weighted by Crippen LogP contribution is 2.22. The molecule has 0 atom stereocenters. The van der Waals surface area contributed by atoms with Gasteiger partial charge < -0.3 is 19.7 Å². The van der Waals surface area contributed by atoms with Gasteiger partial charge in [0.25, 0.3) is 5.91 Å². The van der Waals surface area contributed by atoms with E-state index in [-0.39, 0.29) is 11.8 Å². The Morgan fingerprint density at radius 1 is 1.15 bits per heavy atom. The van der Waals surface area contributed by atoms with Gasteiger partial charge >= 0.3 is 0 Å². The Kier molecular flexibility index (Phi) is 5.86. The number of nitrogens with one attached hydrogen (secondary N) is 1. The fraction of sp³-hybridized carbons (Fsp3) is 0.300. The zero-order valence-corrected chi connectivity index (χ0v) is 14.7. The van der Waals surface area contributed by atoms with E-state index in [2.05, 4.69) is 5.32 Å². The van der Waals surface area contributed by atoms with Crippen LogP contribution in [0.15, 0.2) is 48.5 Å². The molecule has 1 fully saturated rings. The van der Waals surface area contributed by atoms with E-state index in [1.165, 1.54) is 0 Å². The molecule has 2 aromatic rings. The van der Waals surface area contributed by atoms with Crippen molar-refractivity contribution in [2.24, 2.45) is 0 Å². The molecule has 2 amide bonds. The molecule has 0 bridgehead atoms. The van der Waals surface area contributed by atoms with Gasteiger partial charge in [-0.1, -0.05) is 6.07 Å². The minimum absolute atomic E-state index is 0.132. The van der Waals surface area contributed by atoms with Crippen molar-refractivity contribution in [3.05, 3.63) is 54.1 Å². The van der Waals surface area contributed by atoms with Gasteiger partial charge in [-0.05, 0) is 42.8 Å². The molecule has 0 spiro atoms. The van der Waals surface area contributed by atoms with Crippen molar-refractivity contribution < 1.29 is 19.1 Å². The van der Waals surface area contributed by atoms with E-state index < -0.39 is 0 Å². The van der Waals surface area contributed by atoms with Crippen molar-refractivity contribution in [3.63, 3.8) is 0 Å². The predicted molar refractivity (Wildman–Crippen MR) is 99.8 cm³/mol. The lowest BCUT2D eigenvalue weighted by molar-refractivity contribution is -0.117. The van der Waals surface area contributed by atoms with Crippen LogP contribution in [-0.2, 0) is 9.53 Å². The molecular weight excluding hydrogens is 332 g/mol. The van der Waals surface area contributed by atoms with Crippen LogP contribution in [0.25, 0.3) is 0 Å². The summed E-state index contributed by atoms with van der Waals surface area (Å²) in [5.41, 5.74) is 2.02. The summed E-state index contributed by atoms with van der Waals surface area (Å²) in [6, 6.07) is 14.3. The van der Waals surface area contributed by atoms with Gasteiger partial charge in [0, 0.05) is 43.1 Å². The molecule has 0 unspecified atom stereocenters. The van der Waals surface area contributed by atoms with Crippen LogP contribution >= 0.6 is 0 Å². The third kappa shape index (κ3) is 4.40. The van der Waals surface area contributed by atoms with Crippen molar-refractivity contribution in [1.82, 2.24) is 0 Å². The molecule has 136 valence electrons. The van der Waals surface area contributed by atoms with Gasteiger partial charge in [0.2, 0.25) is 5.91 Å². The third-order valence-electron chi connectivity index (χ3n) is 4.16. The number of nitrogens with zero attached hydrogens (tertiary/aromatic N) is 1. The zero-order valence-electron chi connectivity index (χ0n) is 14.7. The highest BCUT2D eigenvalue weighted by atomic mass is 16.5. The number of methoxy groups -OCH3 is 1. The first-order chi connectivity index (χ1) is 12.7. The first kappa shape index (κ1) is 17.9. The maximum atomic E-state index is 12.4. The number of amides is 2. The Hall–Kier alpha value is -2.86. The Morgan fingerprint density at radius 3 is 2.65 bits per heavy atom. The lowest BCUT2D eigenvalue weighted by atomic mass is 10.1. The molecule has 0 aromatic heterocycles. The SMILES string of the molecule is COCCOc1cccc(NC(=O)c2ccc(N3CCCC3=O)cc2)c1. The minimum Gasteiger partial charge on any atom is -0.491 e. The van der Waals surface area contributed by atoms with Gasteiger partial charge in [0.1, 0.15) is 12.4 Å². The van der Waals surface area contributed by atoms with E-state index in [1.54, 1.807) is 36.3 Å². The van der Waals surface area contributed by atoms with E-state index in [0.29, 0.717) is 36.6 Å². The molecule has 26 heavy (non-hydrogen) atoms. The third-order valence-corrected chi connectivity index (χ3v) is 4.16. The molecule has 6 heteroatoms. The fourth-order valence-electron chi connectivity index (χ4n) is 2.82. The van der Waals surface area contributed by atoms with Crippen LogP contribution in [0.5, 0.6) is 5.75 Å². The second-order valence-corrected chi connectivity index (χ2v) is 6.02. The molecule has 1 aliphatic heterocycles. The minimum atomic E-state index is -0.210. The van der Waals surface area contributed by atoms with Crippen LogP contribution in [0, 0.1) is 0 Å². The molecule has 2 aromatic carbocycles. The number of hydrogen-bond donors (Lipinski definition) is 1. The first-order valence-corrected chi connectivity index (χ1v) is 8.61. The first-order valence-electron chi connectivity index (χ1n) is 8.61. The Morgan fingerprint density at radius 2 is 1.96 bits per heavy atom. The largest absolute Gasteiger partial charge is 0.491 e. The molecule has 1 heterocycles. The summed E-state index contributed by atoms with van der Waals surface area (Å²) in [5, 5.41) is 2.86. The van der Waals surface area contributed by atoms with Crippen molar-refractivity contribution >= 4 is 23.2 Å². The molecule has 1 saturated heterocycles. The van der Waals surface area contributed by atoms with E-state index in [4.69, 9.17) is 9.47 Å². The maximum Gasteiger partial charge on any atom is 0.255 e. The number of anilines is 2. The number of ether oxygens (including phenoxy) is 2. The lowest BCUT2D eigenvalue weighted by Crippen LogP contribution is -2.23. The topological polar surface area (TPSA) is 67.9 Å². The van der Waals surface area contributed by atoms with Gasteiger partial charge in [0.15, 0.2) is 0 Å². The number of benzene rings is 2. The second kappa shape index (κ2) is 8.49. The molecule has 3 rings (SSSR count). The molecule has 0 radical (unpaired) electrons. The van der Waals surface area contributed by atoms with Crippen LogP contribution in [0.4, 0.5) is 11.4 Å². The standard InChI is InChI=1S/C20H22N2O4/c1-25-12-13-26-18-5-2-4-16(14-18)21-20(24)15-7-9-17(10-8-15)22-11-3-6-19(22)23/h2,4-5,7-10,14H,3,6,11-13H2,1H3,(H,21,24). The van der Waals surface area contributed by atoms with Crippen LogP contribution in [-0.4, -0.2) is 38.7 Å². The van der Waals surface area contributed by atoms with Gasteiger partial charge in [0.05, 0.1) is 6.61 Å².